The molecular formula is C20H18N10. The largest absolute Gasteiger partial charge is 0.293 e. The lowest BCUT2D eigenvalue weighted by atomic mass is 10.1. The highest BCUT2D eigenvalue weighted by atomic mass is 15.4. The van der Waals surface area contributed by atoms with Gasteiger partial charge in [-0.05, 0) is 45.9 Å². The summed E-state index contributed by atoms with van der Waals surface area (Å²) in [7, 11) is 0. The first kappa shape index (κ1) is 18.0. The lowest BCUT2D eigenvalue weighted by molar-refractivity contribution is 0.841. The summed E-state index contributed by atoms with van der Waals surface area (Å²) in [5, 5.41) is 16.9. The van der Waals surface area contributed by atoms with Crippen molar-refractivity contribution in [2.24, 2.45) is 0 Å². The van der Waals surface area contributed by atoms with Crippen molar-refractivity contribution < 1.29 is 0 Å². The lowest BCUT2D eigenvalue weighted by Crippen LogP contribution is -2.06. The zero-order valence-corrected chi connectivity index (χ0v) is 16.9. The fourth-order valence-electron chi connectivity index (χ4n) is 3.30. The maximum atomic E-state index is 4.58. The van der Waals surface area contributed by atoms with Crippen molar-refractivity contribution in [1.29, 1.82) is 0 Å². The Labute approximate surface area is 171 Å². The maximum Gasteiger partial charge on any atom is 0.272 e. The van der Waals surface area contributed by atoms with E-state index in [0.717, 1.165) is 22.3 Å². The Morgan fingerprint density at radius 2 is 1.73 bits per heavy atom. The van der Waals surface area contributed by atoms with Crippen LogP contribution in [0.5, 0.6) is 0 Å². The number of benzene rings is 1. The summed E-state index contributed by atoms with van der Waals surface area (Å²) in [6.07, 6.45) is 1.65. The van der Waals surface area contributed by atoms with Crippen molar-refractivity contribution in [2.45, 2.75) is 27.7 Å². The molecule has 0 amide bonds. The number of hydrogen-bond acceptors (Lipinski definition) is 9. The van der Waals surface area contributed by atoms with Crippen LogP contribution in [0, 0.1) is 27.7 Å². The van der Waals surface area contributed by atoms with E-state index in [1.807, 2.05) is 39.8 Å². The molecule has 0 bridgehead atoms. The normalized spacial score (nSPS) is 11.3. The number of aryl methyl sites for hydroxylation is 4. The summed E-state index contributed by atoms with van der Waals surface area (Å²) in [6.45, 7) is 7.72. The van der Waals surface area contributed by atoms with Gasteiger partial charge in [-0.2, -0.15) is 9.50 Å². The summed E-state index contributed by atoms with van der Waals surface area (Å²) in [4.78, 5) is 22.2. The van der Waals surface area contributed by atoms with Crippen LogP contribution in [0.25, 0.3) is 28.1 Å². The van der Waals surface area contributed by atoms with Gasteiger partial charge in [0.2, 0.25) is 11.9 Å². The van der Waals surface area contributed by atoms with Crippen molar-refractivity contribution >= 4 is 28.6 Å². The first-order chi connectivity index (χ1) is 14.5. The van der Waals surface area contributed by atoms with Crippen LogP contribution in [0.2, 0.25) is 0 Å². The summed E-state index contributed by atoms with van der Waals surface area (Å²) in [5.74, 6) is 1.89. The van der Waals surface area contributed by atoms with E-state index in [-0.39, 0.29) is 0 Å². The van der Waals surface area contributed by atoms with Gasteiger partial charge < -0.3 is 0 Å². The van der Waals surface area contributed by atoms with E-state index in [1.54, 1.807) is 16.8 Å². The smallest absolute Gasteiger partial charge is 0.272 e. The van der Waals surface area contributed by atoms with Crippen LogP contribution in [-0.2, 0) is 0 Å². The topological polar surface area (TPSA) is 120 Å². The minimum absolute atomic E-state index is 0.370. The van der Waals surface area contributed by atoms with Gasteiger partial charge in [0.15, 0.2) is 0 Å². The van der Waals surface area contributed by atoms with Gasteiger partial charge in [-0.3, -0.25) is 5.32 Å². The number of aromatic nitrogens is 9. The molecule has 30 heavy (non-hydrogen) atoms. The second-order valence-corrected chi connectivity index (χ2v) is 7.05. The maximum absolute atomic E-state index is 4.58. The number of fused-ring (bicyclic) bond motifs is 2. The molecule has 1 aromatic carbocycles. The highest BCUT2D eigenvalue weighted by Gasteiger charge is 2.14. The molecule has 0 unspecified atom stereocenters. The molecule has 10 heteroatoms. The van der Waals surface area contributed by atoms with Crippen LogP contribution in [0.15, 0.2) is 30.5 Å². The van der Waals surface area contributed by atoms with E-state index in [4.69, 9.17) is 0 Å². The molecule has 5 rings (SSSR count). The fourth-order valence-corrected chi connectivity index (χ4v) is 3.30. The van der Waals surface area contributed by atoms with Crippen molar-refractivity contribution in [3.63, 3.8) is 0 Å². The average Bonchev–Trinajstić information content (AvgIpc) is 3.10. The predicted octanol–water partition coefficient (Wildman–Crippen LogP) is 2.90. The van der Waals surface area contributed by atoms with Crippen LogP contribution in [0.4, 0.5) is 11.9 Å². The second-order valence-electron chi connectivity index (χ2n) is 7.05. The Kier molecular flexibility index (Phi) is 4.05. The van der Waals surface area contributed by atoms with Gasteiger partial charge >= 0.3 is 0 Å². The molecule has 4 heterocycles. The SMILES string of the molecule is Cc1ccc2nc(Nc3nccc(-c4nnc5nc(C)nn5c4C)n3)nc(C)c2c1. The van der Waals surface area contributed by atoms with Gasteiger partial charge in [-0.15, -0.1) is 15.3 Å². The van der Waals surface area contributed by atoms with Crippen molar-refractivity contribution in [3.8, 4) is 11.4 Å². The van der Waals surface area contributed by atoms with Crippen molar-refractivity contribution in [2.75, 3.05) is 5.32 Å². The molecule has 10 nitrogen and oxygen atoms in total. The average molecular weight is 398 g/mol. The Hall–Kier alpha value is -4.08. The van der Waals surface area contributed by atoms with E-state index in [1.165, 1.54) is 5.56 Å². The Morgan fingerprint density at radius 1 is 0.867 bits per heavy atom. The molecule has 4 aromatic heterocycles. The standard InChI is InChI=1S/C20H18N10/c1-10-5-6-15-14(9-10)11(2)22-19(24-15)26-18-21-8-7-16(25-18)17-12(3)30-20(28-27-17)23-13(4)29-30/h5-9H,1-4H3,(H,21,22,24,25,26). The first-order valence-corrected chi connectivity index (χ1v) is 9.40. The quantitative estimate of drug-likeness (QED) is 0.489. The molecule has 0 saturated carbocycles. The summed E-state index contributed by atoms with van der Waals surface area (Å²) < 4.78 is 1.66. The van der Waals surface area contributed by atoms with Gasteiger partial charge in [0.1, 0.15) is 11.5 Å². The Balaban J connectivity index is 1.52. The zero-order valence-electron chi connectivity index (χ0n) is 16.9. The van der Waals surface area contributed by atoms with Gasteiger partial charge in [-0.25, -0.2) is 19.9 Å². The second kappa shape index (κ2) is 6.76. The summed E-state index contributed by atoms with van der Waals surface area (Å²) in [5.41, 5.74) is 4.92. The highest BCUT2D eigenvalue weighted by Crippen LogP contribution is 2.22. The molecule has 0 spiro atoms. The molecule has 0 saturated heterocycles. The number of anilines is 2. The molecule has 0 fully saturated rings. The van der Waals surface area contributed by atoms with Gasteiger partial charge in [0, 0.05) is 11.6 Å². The highest BCUT2D eigenvalue weighted by molar-refractivity contribution is 5.82. The number of nitrogens with one attached hydrogen (secondary N) is 1. The van der Waals surface area contributed by atoms with Crippen LogP contribution < -0.4 is 5.32 Å². The molecule has 1 N–H and O–H groups in total. The van der Waals surface area contributed by atoms with Crippen LogP contribution >= 0.6 is 0 Å². The third kappa shape index (κ3) is 3.08. The van der Waals surface area contributed by atoms with Gasteiger partial charge in [-0.1, -0.05) is 11.6 Å². The fraction of sp³-hybridized carbons (Fsp3) is 0.200. The van der Waals surface area contributed by atoms with E-state index in [0.29, 0.717) is 34.9 Å². The molecule has 0 aliphatic rings. The predicted molar refractivity (Wildman–Crippen MR) is 111 cm³/mol. The van der Waals surface area contributed by atoms with Gasteiger partial charge in [0.25, 0.3) is 5.78 Å². The molecule has 148 valence electrons. The van der Waals surface area contributed by atoms with Gasteiger partial charge in [0.05, 0.1) is 22.6 Å². The van der Waals surface area contributed by atoms with Crippen LogP contribution in [-0.4, -0.2) is 44.7 Å². The lowest BCUT2D eigenvalue weighted by Gasteiger charge is -2.09. The van der Waals surface area contributed by atoms with Crippen LogP contribution in [0.3, 0.4) is 0 Å². The third-order valence-electron chi connectivity index (χ3n) is 4.76. The molecular weight excluding hydrogens is 380 g/mol. The van der Waals surface area contributed by atoms with E-state index in [2.05, 4.69) is 51.6 Å². The molecule has 5 aromatic rings. The minimum Gasteiger partial charge on any atom is -0.293 e. The molecule has 0 atom stereocenters. The molecule has 0 radical (unpaired) electrons. The monoisotopic (exact) mass is 398 g/mol. The Bertz CT molecular complexity index is 1420. The number of rotatable bonds is 3. The summed E-state index contributed by atoms with van der Waals surface area (Å²) in [6, 6.07) is 7.86. The van der Waals surface area contributed by atoms with Crippen molar-refractivity contribution in [1.82, 2.24) is 44.7 Å². The molecule has 0 aliphatic heterocycles. The number of nitrogens with zero attached hydrogens (tertiary/aromatic N) is 9. The van der Waals surface area contributed by atoms with E-state index < -0.39 is 0 Å². The Morgan fingerprint density at radius 3 is 2.60 bits per heavy atom. The van der Waals surface area contributed by atoms with Crippen LogP contribution in [0.1, 0.15) is 22.8 Å². The van der Waals surface area contributed by atoms with E-state index in [9.17, 15) is 0 Å². The third-order valence-corrected chi connectivity index (χ3v) is 4.76. The first-order valence-electron chi connectivity index (χ1n) is 9.40. The van der Waals surface area contributed by atoms with E-state index >= 15 is 0 Å². The summed E-state index contributed by atoms with van der Waals surface area (Å²) >= 11 is 0. The zero-order chi connectivity index (χ0) is 20.8. The minimum atomic E-state index is 0.370. The van der Waals surface area contributed by atoms with Crippen molar-refractivity contribution in [3.05, 3.63) is 53.2 Å². The molecule has 0 aliphatic carbocycles. The number of hydrogen-bond donors (Lipinski definition) is 1.